The molecule has 0 spiro atoms. The van der Waals surface area contributed by atoms with Crippen LogP contribution in [-0.2, 0) is 0 Å². The summed E-state index contributed by atoms with van der Waals surface area (Å²) in [6.07, 6.45) is 3.13. The van der Waals surface area contributed by atoms with Crippen LogP contribution in [0.15, 0.2) is 48.7 Å². The van der Waals surface area contributed by atoms with Crippen LogP contribution < -0.4 is 14.8 Å². The van der Waals surface area contributed by atoms with Crippen molar-refractivity contribution in [3.05, 3.63) is 65.4 Å². The molecule has 0 aliphatic rings. The van der Waals surface area contributed by atoms with E-state index in [0.29, 0.717) is 17.1 Å². The number of carbonyl (C=O) groups excluding carboxylic acids is 1. The van der Waals surface area contributed by atoms with E-state index in [-0.39, 0.29) is 5.78 Å². The van der Waals surface area contributed by atoms with Gasteiger partial charge >= 0.3 is 0 Å². The highest BCUT2D eigenvalue weighted by Crippen LogP contribution is 2.24. The van der Waals surface area contributed by atoms with Crippen LogP contribution in [0.3, 0.4) is 0 Å². The molecule has 0 aliphatic carbocycles. The Morgan fingerprint density at radius 2 is 1.83 bits per heavy atom. The lowest BCUT2D eigenvalue weighted by Crippen LogP contribution is -2.01. The van der Waals surface area contributed by atoms with E-state index in [0.717, 1.165) is 16.8 Å². The van der Waals surface area contributed by atoms with Crippen LogP contribution >= 0.6 is 0 Å². The Balaban J connectivity index is 2.17. The van der Waals surface area contributed by atoms with Crippen LogP contribution in [-0.4, -0.2) is 20.0 Å². The van der Waals surface area contributed by atoms with E-state index in [1.54, 1.807) is 31.5 Å². The van der Waals surface area contributed by atoms with Crippen molar-refractivity contribution in [3.63, 3.8) is 0 Å². The molecular weight excluding hydrogens is 290 g/mol. The minimum atomic E-state index is -0.154. The predicted molar refractivity (Wildman–Crippen MR) is 92.6 cm³/mol. The number of hydrogen-bond donors (Lipinski definition) is 1. The lowest BCUT2D eigenvalue weighted by atomic mass is 10.1. The number of allylic oxidation sites excluding steroid dienone is 1. The van der Waals surface area contributed by atoms with Gasteiger partial charge in [0.1, 0.15) is 11.5 Å². The smallest absolute Gasteiger partial charge is 0.191 e. The summed E-state index contributed by atoms with van der Waals surface area (Å²) in [4.78, 5) is 12.4. The van der Waals surface area contributed by atoms with Gasteiger partial charge in [-0.05, 0) is 49.2 Å². The zero-order valence-corrected chi connectivity index (χ0v) is 13.8. The number of anilines is 1. The summed E-state index contributed by atoms with van der Waals surface area (Å²) < 4.78 is 10.4. The maximum atomic E-state index is 12.4. The van der Waals surface area contributed by atoms with Crippen molar-refractivity contribution in [2.45, 2.75) is 13.8 Å². The van der Waals surface area contributed by atoms with E-state index < -0.39 is 0 Å². The topological polar surface area (TPSA) is 47.6 Å². The summed E-state index contributed by atoms with van der Waals surface area (Å²) in [6, 6.07) is 11.3. The normalized spacial score (nSPS) is 10.6. The number of hydrogen-bond acceptors (Lipinski definition) is 4. The van der Waals surface area contributed by atoms with Gasteiger partial charge in [-0.1, -0.05) is 12.1 Å². The van der Waals surface area contributed by atoms with E-state index in [1.807, 2.05) is 26.0 Å². The molecule has 120 valence electrons. The van der Waals surface area contributed by atoms with Crippen LogP contribution in [0.4, 0.5) is 5.69 Å². The fourth-order valence-corrected chi connectivity index (χ4v) is 2.19. The van der Waals surface area contributed by atoms with Crippen molar-refractivity contribution in [1.82, 2.24) is 0 Å². The lowest BCUT2D eigenvalue weighted by Gasteiger charge is -2.08. The van der Waals surface area contributed by atoms with Crippen LogP contribution in [0.2, 0.25) is 0 Å². The van der Waals surface area contributed by atoms with Crippen molar-refractivity contribution in [2.24, 2.45) is 0 Å². The maximum absolute atomic E-state index is 12.4. The van der Waals surface area contributed by atoms with Gasteiger partial charge < -0.3 is 14.8 Å². The Kier molecular flexibility index (Phi) is 5.41. The van der Waals surface area contributed by atoms with Gasteiger partial charge in [0.15, 0.2) is 5.78 Å². The van der Waals surface area contributed by atoms with Gasteiger partial charge in [-0.25, -0.2) is 0 Å². The van der Waals surface area contributed by atoms with Gasteiger partial charge in [0, 0.05) is 18.0 Å². The number of ether oxygens (including phenoxy) is 2. The number of rotatable bonds is 6. The molecular formula is C19H21NO3. The molecule has 2 aromatic carbocycles. The fraction of sp³-hybridized carbons (Fsp3) is 0.211. The van der Waals surface area contributed by atoms with Crippen molar-refractivity contribution < 1.29 is 14.3 Å². The molecule has 0 heterocycles. The molecule has 0 saturated carbocycles. The van der Waals surface area contributed by atoms with Crippen molar-refractivity contribution in [3.8, 4) is 11.5 Å². The zero-order chi connectivity index (χ0) is 16.8. The molecule has 1 N–H and O–H groups in total. The minimum absolute atomic E-state index is 0.154. The summed E-state index contributed by atoms with van der Waals surface area (Å²) in [5.41, 5.74) is 3.72. The van der Waals surface area contributed by atoms with Gasteiger partial charge in [-0.2, -0.15) is 0 Å². The number of carbonyl (C=O) groups is 1. The summed E-state index contributed by atoms with van der Waals surface area (Å²) in [6.45, 7) is 4.04. The molecule has 2 aromatic rings. The molecule has 0 amide bonds. The number of benzene rings is 2. The highest BCUT2D eigenvalue weighted by molar-refractivity contribution is 6.07. The number of methoxy groups -OCH3 is 2. The Morgan fingerprint density at radius 1 is 1.04 bits per heavy atom. The van der Waals surface area contributed by atoms with Gasteiger partial charge in [0.05, 0.1) is 19.8 Å². The third kappa shape index (κ3) is 4.13. The molecule has 4 heteroatoms. The second-order valence-electron chi connectivity index (χ2n) is 5.23. The minimum Gasteiger partial charge on any atom is -0.497 e. The first kappa shape index (κ1) is 16.6. The third-order valence-electron chi connectivity index (χ3n) is 3.54. The van der Waals surface area contributed by atoms with Crippen LogP contribution in [0.25, 0.3) is 0 Å². The SMILES string of the molecule is COc1ccc(OC)c(C(=O)/C=C/Nc2cc(C)ccc2C)c1. The summed E-state index contributed by atoms with van der Waals surface area (Å²) in [5, 5.41) is 3.15. The second kappa shape index (κ2) is 7.49. The highest BCUT2D eigenvalue weighted by Gasteiger charge is 2.11. The highest BCUT2D eigenvalue weighted by atomic mass is 16.5. The van der Waals surface area contributed by atoms with Crippen molar-refractivity contribution >= 4 is 11.5 Å². The Labute approximate surface area is 136 Å². The molecule has 0 bridgehead atoms. The molecule has 0 atom stereocenters. The molecule has 0 fully saturated rings. The summed E-state index contributed by atoms with van der Waals surface area (Å²) in [7, 11) is 3.10. The average Bonchev–Trinajstić information content (AvgIpc) is 2.57. The Bertz CT molecular complexity index is 735. The summed E-state index contributed by atoms with van der Waals surface area (Å²) >= 11 is 0. The monoisotopic (exact) mass is 311 g/mol. The first-order chi connectivity index (χ1) is 11.0. The first-order valence-corrected chi connectivity index (χ1v) is 7.32. The Hall–Kier alpha value is -2.75. The van der Waals surface area contributed by atoms with Gasteiger partial charge in [-0.3, -0.25) is 4.79 Å². The molecule has 0 radical (unpaired) electrons. The molecule has 2 rings (SSSR count). The van der Waals surface area contributed by atoms with Crippen LogP contribution in [0.5, 0.6) is 11.5 Å². The summed E-state index contributed by atoms with van der Waals surface area (Å²) in [5.74, 6) is 0.982. The number of aryl methyl sites for hydroxylation is 2. The predicted octanol–water partition coefficient (Wildman–Crippen LogP) is 4.13. The van der Waals surface area contributed by atoms with E-state index >= 15 is 0 Å². The molecule has 0 saturated heterocycles. The second-order valence-corrected chi connectivity index (χ2v) is 5.23. The van der Waals surface area contributed by atoms with Crippen LogP contribution in [0, 0.1) is 13.8 Å². The largest absolute Gasteiger partial charge is 0.497 e. The fourth-order valence-electron chi connectivity index (χ4n) is 2.19. The van der Waals surface area contributed by atoms with Crippen molar-refractivity contribution in [1.29, 1.82) is 0 Å². The molecule has 4 nitrogen and oxygen atoms in total. The molecule has 23 heavy (non-hydrogen) atoms. The van der Waals surface area contributed by atoms with Crippen molar-refractivity contribution in [2.75, 3.05) is 19.5 Å². The average molecular weight is 311 g/mol. The standard InChI is InChI=1S/C19H21NO3/c1-13-5-6-14(2)17(11-13)20-10-9-18(21)16-12-15(22-3)7-8-19(16)23-4/h5-12,20H,1-4H3/b10-9+. The Morgan fingerprint density at radius 3 is 2.52 bits per heavy atom. The number of ketones is 1. The molecule has 0 aliphatic heterocycles. The van der Waals surface area contributed by atoms with E-state index in [1.165, 1.54) is 13.2 Å². The van der Waals surface area contributed by atoms with Gasteiger partial charge in [0.2, 0.25) is 0 Å². The third-order valence-corrected chi connectivity index (χ3v) is 3.54. The maximum Gasteiger partial charge on any atom is 0.191 e. The first-order valence-electron chi connectivity index (χ1n) is 7.32. The number of nitrogens with one attached hydrogen (secondary N) is 1. The van der Waals surface area contributed by atoms with Gasteiger partial charge in [-0.15, -0.1) is 0 Å². The quantitative estimate of drug-likeness (QED) is 0.643. The van der Waals surface area contributed by atoms with E-state index in [2.05, 4.69) is 11.4 Å². The van der Waals surface area contributed by atoms with Gasteiger partial charge in [0.25, 0.3) is 0 Å². The molecule has 0 unspecified atom stereocenters. The van der Waals surface area contributed by atoms with E-state index in [4.69, 9.17) is 9.47 Å². The molecule has 0 aromatic heterocycles. The zero-order valence-electron chi connectivity index (χ0n) is 13.8. The van der Waals surface area contributed by atoms with Crippen LogP contribution in [0.1, 0.15) is 21.5 Å². The lowest BCUT2D eigenvalue weighted by molar-refractivity contribution is 0.104. The van der Waals surface area contributed by atoms with E-state index in [9.17, 15) is 4.79 Å².